The van der Waals surface area contributed by atoms with Crippen LogP contribution in [0.1, 0.15) is 43.9 Å². The number of ketones is 1. The van der Waals surface area contributed by atoms with Crippen LogP contribution in [0.15, 0.2) is 68.5 Å². The number of hydrogen-bond donors (Lipinski definition) is 2. The van der Waals surface area contributed by atoms with Crippen molar-refractivity contribution in [2.45, 2.75) is 42.9 Å². The molecule has 2 aliphatic rings. The van der Waals surface area contributed by atoms with Crippen LogP contribution in [0.2, 0.25) is 0 Å². The maximum Gasteiger partial charge on any atom is 0.176 e. The van der Waals surface area contributed by atoms with Crippen LogP contribution in [0.25, 0.3) is 11.0 Å². The second-order valence-corrected chi connectivity index (χ2v) is 10.3. The number of hydrogen-bond acceptors (Lipinski definition) is 6. The molecule has 1 atom stereocenters. The SMILES string of the molecule is Cn1c(Sc2ccc([C@H]3C4=C(CC(C)(C)CC4=O)Nc4n[nH]cc43)o2)nc2ccccc21. The van der Waals surface area contributed by atoms with Crippen LogP contribution in [0, 0.1) is 5.41 Å². The van der Waals surface area contributed by atoms with Crippen molar-refractivity contribution in [1.29, 1.82) is 0 Å². The number of aromatic nitrogens is 4. The van der Waals surface area contributed by atoms with Gasteiger partial charge in [0.25, 0.3) is 0 Å². The number of allylic oxidation sites excluding steroid dienone is 2. The lowest BCUT2D eigenvalue weighted by atomic mass is 9.70. The molecule has 8 heteroatoms. The van der Waals surface area contributed by atoms with E-state index in [1.807, 2.05) is 43.6 Å². The Hall–Kier alpha value is -3.26. The zero-order valence-corrected chi connectivity index (χ0v) is 18.9. The van der Waals surface area contributed by atoms with Gasteiger partial charge in [-0.05, 0) is 47.9 Å². The Morgan fingerprint density at radius 1 is 1.19 bits per heavy atom. The normalized spacial score (nSPS) is 19.7. The average Bonchev–Trinajstić information content (AvgIpc) is 3.46. The molecule has 0 fully saturated rings. The number of rotatable bonds is 3. The van der Waals surface area contributed by atoms with E-state index in [0.717, 1.165) is 56.1 Å². The fourth-order valence-corrected chi connectivity index (χ4v) is 5.68. The van der Waals surface area contributed by atoms with Gasteiger partial charge in [-0.2, -0.15) is 5.10 Å². The van der Waals surface area contributed by atoms with Crippen molar-refractivity contribution in [2.75, 3.05) is 5.32 Å². The predicted molar refractivity (Wildman–Crippen MR) is 123 cm³/mol. The highest BCUT2D eigenvalue weighted by molar-refractivity contribution is 7.99. The number of para-hydroxylation sites is 2. The highest BCUT2D eigenvalue weighted by Crippen LogP contribution is 2.49. The Morgan fingerprint density at radius 2 is 2.03 bits per heavy atom. The second kappa shape index (κ2) is 6.87. The molecular formula is C24H23N5O2S. The topological polar surface area (TPSA) is 88.7 Å². The Kier molecular flexibility index (Phi) is 4.17. The van der Waals surface area contributed by atoms with E-state index < -0.39 is 0 Å². The number of nitrogens with one attached hydrogen (secondary N) is 2. The molecule has 1 aromatic carbocycles. The molecule has 2 N–H and O–H groups in total. The van der Waals surface area contributed by atoms with E-state index in [0.29, 0.717) is 6.42 Å². The summed E-state index contributed by atoms with van der Waals surface area (Å²) in [5.74, 6) is 1.41. The van der Waals surface area contributed by atoms with Crippen LogP contribution in [0.4, 0.5) is 5.82 Å². The van der Waals surface area contributed by atoms with Crippen LogP contribution in [0.3, 0.4) is 0 Å². The number of carbonyl (C=O) groups is 1. The fraction of sp³-hybridized carbons (Fsp3) is 0.292. The highest BCUT2D eigenvalue weighted by Gasteiger charge is 2.42. The summed E-state index contributed by atoms with van der Waals surface area (Å²) in [6.45, 7) is 4.26. The third kappa shape index (κ3) is 3.01. The van der Waals surface area contributed by atoms with E-state index in [1.54, 1.807) is 0 Å². The first-order chi connectivity index (χ1) is 15.4. The molecule has 1 aliphatic heterocycles. The van der Waals surface area contributed by atoms with Crippen molar-refractivity contribution < 1.29 is 9.21 Å². The molecule has 0 saturated carbocycles. The molecule has 3 aromatic heterocycles. The third-order valence-corrected chi connectivity index (χ3v) is 7.25. The summed E-state index contributed by atoms with van der Waals surface area (Å²) in [6, 6.07) is 12.0. The van der Waals surface area contributed by atoms with Gasteiger partial charge in [0.05, 0.1) is 17.0 Å². The quantitative estimate of drug-likeness (QED) is 0.448. The molecule has 32 heavy (non-hydrogen) atoms. The summed E-state index contributed by atoms with van der Waals surface area (Å²) in [7, 11) is 2.01. The van der Waals surface area contributed by atoms with E-state index in [9.17, 15) is 4.79 Å². The molecule has 4 aromatic rings. The highest BCUT2D eigenvalue weighted by atomic mass is 32.2. The van der Waals surface area contributed by atoms with Crippen molar-refractivity contribution in [1.82, 2.24) is 19.7 Å². The zero-order valence-electron chi connectivity index (χ0n) is 18.1. The number of Topliss-reactive ketones (excluding diaryl/α,β-unsaturated/α-hetero) is 1. The number of imidazole rings is 1. The van der Waals surface area contributed by atoms with E-state index in [2.05, 4.69) is 40.0 Å². The van der Waals surface area contributed by atoms with Crippen LogP contribution in [0.5, 0.6) is 0 Å². The maximum absolute atomic E-state index is 13.2. The van der Waals surface area contributed by atoms with Gasteiger partial charge in [0.2, 0.25) is 0 Å². The number of benzene rings is 1. The molecule has 162 valence electrons. The number of H-pyrrole nitrogens is 1. The van der Waals surface area contributed by atoms with Crippen molar-refractivity contribution in [3.05, 3.63) is 65.2 Å². The van der Waals surface area contributed by atoms with Crippen molar-refractivity contribution in [3.63, 3.8) is 0 Å². The summed E-state index contributed by atoms with van der Waals surface area (Å²) in [6.07, 6.45) is 3.18. The number of aryl methyl sites for hydroxylation is 1. The molecule has 0 bridgehead atoms. The summed E-state index contributed by atoms with van der Waals surface area (Å²) in [4.78, 5) is 17.9. The van der Waals surface area contributed by atoms with Gasteiger partial charge in [-0.15, -0.1) is 0 Å². The lowest BCUT2D eigenvalue weighted by Crippen LogP contribution is -2.33. The van der Waals surface area contributed by atoms with Gasteiger partial charge in [0, 0.05) is 36.5 Å². The fourth-order valence-electron chi connectivity index (χ4n) is 4.84. The molecule has 0 amide bonds. The van der Waals surface area contributed by atoms with E-state index >= 15 is 0 Å². The minimum absolute atomic E-state index is 0.0777. The standard InChI is InChI=1S/C24H23N5O2S/c1-24(2)10-15-21(17(30)11-24)20(13-12-25-28-22(13)26-15)18-8-9-19(31-18)32-23-27-14-6-4-5-7-16(14)29(23)3/h4-9,12,20H,10-11H2,1-3H3,(H2,25,26,28)/t20-/m0/s1. The minimum atomic E-state index is -0.265. The minimum Gasteiger partial charge on any atom is -0.453 e. The molecular weight excluding hydrogens is 422 g/mol. The number of furan rings is 1. The zero-order chi connectivity index (χ0) is 22.0. The van der Waals surface area contributed by atoms with Gasteiger partial charge in [-0.25, -0.2) is 4.98 Å². The molecule has 7 nitrogen and oxygen atoms in total. The van der Waals surface area contributed by atoms with Gasteiger partial charge in [0.1, 0.15) is 5.76 Å². The van der Waals surface area contributed by atoms with E-state index in [4.69, 9.17) is 9.40 Å². The molecule has 0 radical (unpaired) electrons. The van der Waals surface area contributed by atoms with Crippen LogP contribution < -0.4 is 5.32 Å². The number of fused-ring (bicyclic) bond motifs is 2. The van der Waals surface area contributed by atoms with Crippen LogP contribution in [-0.4, -0.2) is 25.5 Å². The summed E-state index contributed by atoms with van der Waals surface area (Å²) < 4.78 is 8.37. The number of carbonyl (C=O) groups excluding carboxylic acids is 1. The Morgan fingerprint density at radius 3 is 2.88 bits per heavy atom. The summed E-state index contributed by atoms with van der Waals surface area (Å²) in [5, 5.41) is 12.3. The Balaban J connectivity index is 1.39. The summed E-state index contributed by atoms with van der Waals surface area (Å²) >= 11 is 1.48. The molecule has 4 heterocycles. The van der Waals surface area contributed by atoms with Gasteiger partial charge in [-0.1, -0.05) is 26.0 Å². The van der Waals surface area contributed by atoms with Crippen molar-refractivity contribution in [3.8, 4) is 0 Å². The molecule has 0 saturated heterocycles. The van der Waals surface area contributed by atoms with E-state index in [1.165, 1.54) is 11.8 Å². The number of nitrogens with zero attached hydrogens (tertiary/aromatic N) is 3. The Bertz CT molecular complexity index is 1410. The first-order valence-corrected chi connectivity index (χ1v) is 11.5. The predicted octanol–water partition coefficient (Wildman–Crippen LogP) is 5.24. The number of anilines is 1. The van der Waals surface area contributed by atoms with Gasteiger partial charge < -0.3 is 14.3 Å². The molecule has 0 spiro atoms. The largest absolute Gasteiger partial charge is 0.453 e. The smallest absolute Gasteiger partial charge is 0.176 e. The molecule has 1 aliphatic carbocycles. The number of aromatic amines is 1. The van der Waals surface area contributed by atoms with Crippen LogP contribution in [-0.2, 0) is 11.8 Å². The lowest BCUT2D eigenvalue weighted by Gasteiger charge is -2.37. The molecule has 6 rings (SSSR count). The van der Waals surface area contributed by atoms with Gasteiger partial charge in [0.15, 0.2) is 21.8 Å². The molecule has 0 unspecified atom stereocenters. The lowest BCUT2D eigenvalue weighted by molar-refractivity contribution is -0.118. The van der Waals surface area contributed by atoms with Crippen LogP contribution >= 0.6 is 11.8 Å². The van der Waals surface area contributed by atoms with Crippen molar-refractivity contribution >= 4 is 34.4 Å². The summed E-state index contributed by atoms with van der Waals surface area (Å²) in [5.41, 5.74) is 4.64. The first-order valence-electron chi connectivity index (χ1n) is 10.7. The Labute approximate surface area is 189 Å². The first kappa shape index (κ1) is 19.4. The monoisotopic (exact) mass is 445 g/mol. The van der Waals surface area contributed by atoms with Crippen molar-refractivity contribution in [2.24, 2.45) is 12.5 Å². The average molecular weight is 446 g/mol. The van der Waals surface area contributed by atoms with E-state index in [-0.39, 0.29) is 17.1 Å². The van der Waals surface area contributed by atoms with Gasteiger partial charge in [-0.3, -0.25) is 9.89 Å². The maximum atomic E-state index is 13.2. The second-order valence-electron chi connectivity index (χ2n) is 9.28. The van der Waals surface area contributed by atoms with Gasteiger partial charge >= 0.3 is 0 Å². The third-order valence-electron chi connectivity index (χ3n) is 6.28.